The van der Waals surface area contributed by atoms with Gasteiger partial charge in [0.15, 0.2) is 0 Å². The van der Waals surface area contributed by atoms with Gasteiger partial charge in [-0.25, -0.2) is 9.69 Å². The van der Waals surface area contributed by atoms with E-state index in [1.165, 1.54) is 19.3 Å². The molecule has 0 radical (unpaired) electrons. The van der Waals surface area contributed by atoms with E-state index >= 15 is 0 Å². The highest BCUT2D eigenvalue weighted by molar-refractivity contribution is 6.22. The first-order valence-corrected chi connectivity index (χ1v) is 13.1. The van der Waals surface area contributed by atoms with Gasteiger partial charge in [0, 0.05) is 26.2 Å². The number of carbonyl (C=O) groups is 3. The number of carbonyl (C=O) groups excluding carboxylic acids is 3. The molecule has 3 aliphatic rings. The molecular formula is C27H40N4O4. The second-order valence-corrected chi connectivity index (χ2v) is 10.5. The third-order valence-corrected chi connectivity index (χ3v) is 7.82. The van der Waals surface area contributed by atoms with Gasteiger partial charge in [0.25, 0.3) is 5.91 Å². The Kier molecular flexibility index (Phi) is 8.44. The lowest BCUT2D eigenvalue weighted by atomic mass is 9.83. The molecule has 35 heavy (non-hydrogen) atoms. The number of fused-ring (bicyclic) bond motifs is 1. The molecule has 1 aromatic carbocycles. The van der Waals surface area contributed by atoms with Crippen molar-refractivity contribution >= 4 is 23.5 Å². The van der Waals surface area contributed by atoms with Gasteiger partial charge < -0.3 is 19.9 Å². The highest BCUT2D eigenvalue weighted by atomic mass is 16.5. The van der Waals surface area contributed by atoms with E-state index in [2.05, 4.69) is 24.1 Å². The van der Waals surface area contributed by atoms with E-state index in [9.17, 15) is 14.4 Å². The fourth-order valence-electron chi connectivity index (χ4n) is 5.82. The smallest absolute Gasteiger partial charge is 0.329 e. The number of urea groups is 1. The number of anilines is 1. The van der Waals surface area contributed by atoms with Crippen LogP contribution in [0.25, 0.3) is 0 Å². The average molecular weight is 485 g/mol. The molecule has 4 amide bonds. The second kappa shape index (κ2) is 11.5. The lowest BCUT2D eigenvalue weighted by Crippen LogP contribution is -2.52. The van der Waals surface area contributed by atoms with Crippen molar-refractivity contribution in [3.8, 4) is 0 Å². The van der Waals surface area contributed by atoms with Crippen LogP contribution in [0.2, 0.25) is 0 Å². The van der Waals surface area contributed by atoms with E-state index in [4.69, 9.17) is 4.74 Å². The van der Waals surface area contributed by atoms with E-state index < -0.39 is 12.1 Å². The number of nitrogens with zero attached hydrogens (tertiary/aromatic N) is 3. The monoisotopic (exact) mass is 484 g/mol. The van der Waals surface area contributed by atoms with Gasteiger partial charge in [-0.15, -0.1) is 0 Å². The minimum absolute atomic E-state index is 0.0318. The van der Waals surface area contributed by atoms with Crippen LogP contribution >= 0.6 is 0 Å². The fraction of sp³-hybridized carbons (Fsp3) is 0.667. The summed E-state index contributed by atoms with van der Waals surface area (Å²) in [5, 5.41) is 2.73. The zero-order chi connectivity index (χ0) is 24.9. The summed E-state index contributed by atoms with van der Waals surface area (Å²) in [5.41, 5.74) is 1.67. The molecule has 3 heterocycles. The molecule has 4 rings (SSSR count). The maximum Gasteiger partial charge on any atom is 0.329 e. The fourth-order valence-corrected chi connectivity index (χ4v) is 5.82. The molecule has 1 aromatic rings. The zero-order valence-corrected chi connectivity index (χ0v) is 21.4. The Bertz CT molecular complexity index is 901. The second-order valence-electron chi connectivity index (χ2n) is 10.5. The number of methoxy groups -OCH3 is 1. The number of nitrogens with one attached hydrogen (secondary N) is 1. The Hall–Kier alpha value is -2.45. The molecule has 0 saturated carbocycles. The predicted octanol–water partition coefficient (Wildman–Crippen LogP) is 3.36. The topological polar surface area (TPSA) is 82.2 Å². The van der Waals surface area contributed by atoms with Gasteiger partial charge in [-0.2, -0.15) is 0 Å². The number of hydrogen-bond acceptors (Lipinski definition) is 5. The van der Waals surface area contributed by atoms with Crippen LogP contribution in [0.5, 0.6) is 0 Å². The van der Waals surface area contributed by atoms with Crippen molar-refractivity contribution in [1.82, 2.24) is 15.1 Å². The summed E-state index contributed by atoms with van der Waals surface area (Å²) < 4.78 is 5.28. The van der Waals surface area contributed by atoms with Crippen molar-refractivity contribution in [3.05, 3.63) is 29.8 Å². The Morgan fingerprint density at radius 3 is 2.57 bits per heavy atom. The molecule has 192 valence electrons. The number of ether oxygens (including phenoxy) is 1. The minimum atomic E-state index is -0.845. The summed E-state index contributed by atoms with van der Waals surface area (Å²) in [7, 11) is 1.63. The van der Waals surface area contributed by atoms with Gasteiger partial charge >= 0.3 is 6.03 Å². The molecular weight excluding hydrogens is 444 g/mol. The van der Waals surface area contributed by atoms with Gasteiger partial charge in [-0.1, -0.05) is 32.4 Å². The van der Waals surface area contributed by atoms with E-state index in [0.29, 0.717) is 43.3 Å². The van der Waals surface area contributed by atoms with Crippen LogP contribution in [0.1, 0.15) is 63.9 Å². The van der Waals surface area contributed by atoms with Crippen molar-refractivity contribution in [2.75, 3.05) is 44.8 Å². The van der Waals surface area contributed by atoms with Gasteiger partial charge in [-0.3, -0.25) is 9.59 Å². The van der Waals surface area contributed by atoms with Crippen LogP contribution in [-0.2, 0) is 14.3 Å². The third kappa shape index (κ3) is 5.86. The largest absolute Gasteiger partial charge is 0.383 e. The van der Waals surface area contributed by atoms with Crippen LogP contribution in [0.15, 0.2) is 24.3 Å². The van der Waals surface area contributed by atoms with Crippen LogP contribution in [0.4, 0.5) is 10.5 Å². The predicted molar refractivity (Wildman–Crippen MR) is 135 cm³/mol. The summed E-state index contributed by atoms with van der Waals surface area (Å²) in [5.74, 6) is 0.323. The summed E-state index contributed by atoms with van der Waals surface area (Å²) in [4.78, 5) is 44.8. The quantitative estimate of drug-likeness (QED) is 0.544. The zero-order valence-electron chi connectivity index (χ0n) is 21.4. The molecule has 3 aliphatic heterocycles. The highest BCUT2D eigenvalue weighted by Gasteiger charge is 2.41. The standard InChI is InChI=1S/C27H40N4O4/c1-19(2)20-9-11-22(12-10-20)31-26(33)23(28-27(31)34)17-25(32)30(15-16-35-3)18-21-7-6-14-29-13-5-4-8-24(21)29/h9-12,19,21,23-24H,4-8,13-18H2,1-3H3,(H,28,34)/t21-,23+,24+/m0/s1. The lowest BCUT2D eigenvalue weighted by Gasteiger charge is -2.45. The van der Waals surface area contributed by atoms with Gasteiger partial charge in [-0.05, 0) is 68.3 Å². The van der Waals surface area contributed by atoms with Crippen LogP contribution in [0, 0.1) is 5.92 Å². The first-order chi connectivity index (χ1) is 16.9. The molecule has 1 N–H and O–H groups in total. The molecule has 3 saturated heterocycles. The SMILES string of the molecule is COCCN(C[C@@H]1CCCN2CCCC[C@H]12)C(=O)C[C@H]1NC(=O)N(c2ccc(C(C)C)cc2)C1=O. The molecule has 8 nitrogen and oxygen atoms in total. The van der Waals surface area contributed by atoms with E-state index in [1.54, 1.807) is 19.2 Å². The Balaban J connectivity index is 1.41. The lowest BCUT2D eigenvalue weighted by molar-refractivity contribution is -0.135. The van der Waals surface area contributed by atoms with E-state index in [-0.39, 0.29) is 18.2 Å². The molecule has 3 fully saturated rings. The number of amides is 4. The Morgan fingerprint density at radius 1 is 1.11 bits per heavy atom. The van der Waals surface area contributed by atoms with Crippen molar-refractivity contribution in [2.45, 2.75) is 70.4 Å². The molecule has 0 aromatic heterocycles. The normalized spacial score (nSPS) is 25.0. The molecule has 3 atom stereocenters. The van der Waals surface area contributed by atoms with Crippen molar-refractivity contribution in [3.63, 3.8) is 0 Å². The van der Waals surface area contributed by atoms with Crippen molar-refractivity contribution in [1.29, 1.82) is 0 Å². The highest BCUT2D eigenvalue weighted by Crippen LogP contribution is 2.32. The molecule has 0 spiro atoms. The number of imide groups is 1. The van der Waals surface area contributed by atoms with E-state index in [0.717, 1.165) is 36.4 Å². The van der Waals surface area contributed by atoms with Gasteiger partial charge in [0.2, 0.25) is 5.91 Å². The first-order valence-electron chi connectivity index (χ1n) is 13.1. The number of hydrogen-bond donors (Lipinski definition) is 1. The number of benzene rings is 1. The Morgan fingerprint density at radius 2 is 1.86 bits per heavy atom. The van der Waals surface area contributed by atoms with E-state index in [1.807, 2.05) is 17.0 Å². The van der Waals surface area contributed by atoms with Gasteiger partial charge in [0.1, 0.15) is 6.04 Å². The molecule has 0 unspecified atom stereocenters. The minimum Gasteiger partial charge on any atom is -0.383 e. The Labute approximate surface area is 209 Å². The molecule has 8 heteroatoms. The van der Waals surface area contributed by atoms with Crippen LogP contribution < -0.4 is 10.2 Å². The maximum atomic E-state index is 13.4. The van der Waals surface area contributed by atoms with Crippen LogP contribution in [0.3, 0.4) is 0 Å². The summed E-state index contributed by atoms with van der Waals surface area (Å²) >= 11 is 0. The van der Waals surface area contributed by atoms with Crippen LogP contribution in [-0.4, -0.2) is 79.6 Å². The average Bonchev–Trinajstić information content (AvgIpc) is 3.14. The van der Waals surface area contributed by atoms with Gasteiger partial charge in [0.05, 0.1) is 18.7 Å². The van der Waals surface area contributed by atoms with Crippen molar-refractivity contribution < 1.29 is 19.1 Å². The summed E-state index contributed by atoms with van der Waals surface area (Å²) in [6.45, 7) is 8.13. The van der Waals surface area contributed by atoms with Crippen molar-refractivity contribution in [2.24, 2.45) is 5.92 Å². The maximum absolute atomic E-state index is 13.4. The number of rotatable bonds is 9. The summed E-state index contributed by atoms with van der Waals surface area (Å²) in [6, 6.07) is 6.67. The molecule has 0 aliphatic carbocycles. The number of piperidine rings is 2. The summed E-state index contributed by atoms with van der Waals surface area (Å²) in [6.07, 6.45) is 5.96. The first kappa shape index (κ1) is 25.6. The third-order valence-electron chi connectivity index (χ3n) is 7.82. The molecule has 0 bridgehead atoms.